The fourth-order valence-electron chi connectivity index (χ4n) is 3.97. The van der Waals surface area contributed by atoms with E-state index >= 15 is 0 Å². The van der Waals surface area contributed by atoms with Gasteiger partial charge in [0.25, 0.3) is 0 Å². The summed E-state index contributed by atoms with van der Waals surface area (Å²) in [5, 5.41) is 9.22. The zero-order chi connectivity index (χ0) is 21.8. The Bertz CT molecular complexity index is 1360. The smallest absolute Gasteiger partial charge is 0.141 e. The van der Waals surface area contributed by atoms with E-state index < -0.39 is 0 Å². The van der Waals surface area contributed by atoms with Crippen molar-refractivity contribution in [2.45, 2.75) is 6.54 Å². The monoisotopic (exact) mass is 411 g/mol. The van der Waals surface area contributed by atoms with E-state index in [0.717, 1.165) is 33.9 Å². The molecule has 0 N–H and O–H groups in total. The SMILES string of the molecule is N#Cc1ccc(-c2nc(-c3ccccc3)c(-c3ccccc3)n2Cc2ccccc2)cc1. The quantitative estimate of drug-likeness (QED) is 0.319. The third kappa shape index (κ3) is 3.82. The minimum absolute atomic E-state index is 0.640. The molecule has 32 heavy (non-hydrogen) atoms. The van der Waals surface area contributed by atoms with Gasteiger partial charge >= 0.3 is 0 Å². The lowest BCUT2D eigenvalue weighted by Crippen LogP contribution is -2.04. The van der Waals surface area contributed by atoms with Gasteiger partial charge in [-0.15, -0.1) is 0 Å². The first-order valence-corrected chi connectivity index (χ1v) is 10.6. The molecule has 152 valence electrons. The van der Waals surface area contributed by atoms with Crippen LogP contribution in [0.5, 0.6) is 0 Å². The highest BCUT2D eigenvalue weighted by Crippen LogP contribution is 2.36. The van der Waals surface area contributed by atoms with Crippen LogP contribution in [0.4, 0.5) is 0 Å². The van der Waals surface area contributed by atoms with Crippen LogP contribution >= 0.6 is 0 Å². The van der Waals surface area contributed by atoms with E-state index in [0.29, 0.717) is 12.1 Å². The molecule has 5 rings (SSSR count). The van der Waals surface area contributed by atoms with Crippen LogP contribution in [-0.2, 0) is 6.54 Å². The molecule has 0 bridgehead atoms. The van der Waals surface area contributed by atoms with Crippen LogP contribution in [0.15, 0.2) is 115 Å². The summed E-state index contributed by atoms with van der Waals surface area (Å²) in [5.41, 5.74) is 7.06. The predicted molar refractivity (Wildman–Crippen MR) is 129 cm³/mol. The average molecular weight is 412 g/mol. The lowest BCUT2D eigenvalue weighted by Gasteiger charge is -2.14. The summed E-state index contributed by atoms with van der Waals surface area (Å²) in [7, 11) is 0. The van der Waals surface area contributed by atoms with Crippen molar-refractivity contribution in [3.8, 4) is 40.0 Å². The molecule has 0 aliphatic heterocycles. The molecular formula is C29H21N3. The average Bonchev–Trinajstić information content (AvgIpc) is 3.25. The third-order valence-corrected chi connectivity index (χ3v) is 5.52. The van der Waals surface area contributed by atoms with E-state index in [-0.39, 0.29) is 0 Å². The first-order chi connectivity index (χ1) is 15.8. The van der Waals surface area contributed by atoms with Crippen molar-refractivity contribution >= 4 is 0 Å². The van der Waals surface area contributed by atoms with Gasteiger partial charge in [0.2, 0.25) is 0 Å². The van der Waals surface area contributed by atoms with Gasteiger partial charge in [0, 0.05) is 23.2 Å². The summed E-state index contributed by atoms with van der Waals surface area (Å²) >= 11 is 0. The van der Waals surface area contributed by atoms with E-state index in [2.05, 4.69) is 71.3 Å². The van der Waals surface area contributed by atoms with Gasteiger partial charge in [0.05, 0.1) is 23.0 Å². The molecule has 1 aromatic heterocycles. The first kappa shape index (κ1) is 19.5. The van der Waals surface area contributed by atoms with Crippen molar-refractivity contribution < 1.29 is 0 Å². The lowest BCUT2D eigenvalue weighted by molar-refractivity contribution is 0.814. The number of rotatable bonds is 5. The van der Waals surface area contributed by atoms with Gasteiger partial charge in [0.15, 0.2) is 0 Å². The minimum Gasteiger partial charge on any atom is -0.319 e. The fourth-order valence-corrected chi connectivity index (χ4v) is 3.97. The van der Waals surface area contributed by atoms with E-state index in [4.69, 9.17) is 4.98 Å². The van der Waals surface area contributed by atoms with Gasteiger partial charge in [-0.3, -0.25) is 0 Å². The molecule has 0 aliphatic carbocycles. The maximum atomic E-state index is 9.22. The maximum absolute atomic E-state index is 9.22. The molecular weight excluding hydrogens is 390 g/mol. The molecule has 4 aromatic carbocycles. The highest BCUT2D eigenvalue weighted by atomic mass is 15.1. The highest BCUT2D eigenvalue weighted by molar-refractivity contribution is 5.82. The lowest BCUT2D eigenvalue weighted by atomic mass is 10.0. The molecule has 0 fully saturated rings. The molecule has 3 heteroatoms. The topological polar surface area (TPSA) is 41.6 Å². The Morgan fingerprint density at radius 2 is 1.19 bits per heavy atom. The standard InChI is InChI=1S/C29H21N3/c30-20-22-16-18-26(19-17-22)29-31-27(24-12-6-2-7-13-24)28(25-14-8-3-9-15-25)32(29)21-23-10-4-1-5-11-23/h1-19H,21H2. The number of nitrogens with zero attached hydrogens (tertiary/aromatic N) is 3. The Morgan fingerprint density at radius 3 is 1.78 bits per heavy atom. The van der Waals surface area contributed by atoms with Crippen LogP contribution in [0.1, 0.15) is 11.1 Å². The predicted octanol–water partition coefficient (Wildman–Crippen LogP) is 6.80. The van der Waals surface area contributed by atoms with Gasteiger partial charge in [-0.2, -0.15) is 5.26 Å². The number of benzene rings is 4. The Kier molecular flexibility index (Phi) is 5.34. The van der Waals surface area contributed by atoms with Crippen molar-refractivity contribution in [1.82, 2.24) is 9.55 Å². The van der Waals surface area contributed by atoms with Crippen LogP contribution in [0.3, 0.4) is 0 Å². The largest absolute Gasteiger partial charge is 0.319 e. The second-order valence-corrected chi connectivity index (χ2v) is 7.63. The first-order valence-electron chi connectivity index (χ1n) is 10.6. The van der Waals surface area contributed by atoms with Crippen LogP contribution < -0.4 is 0 Å². The van der Waals surface area contributed by atoms with Crippen LogP contribution in [0.25, 0.3) is 33.9 Å². The van der Waals surface area contributed by atoms with Crippen molar-refractivity contribution in [3.05, 3.63) is 126 Å². The molecule has 3 nitrogen and oxygen atoms in total. The maximum Gasteiger partial charge on any atom is 0.141 e. The van der Waals surface area contributed by atoms with E-state index in [1.807, 2.05) is 54.6 Å². The molecule has 0 aliphatic rings. The van der Waals surface area contributed by atoms with Gasteiger partial charge < -0.3 is 4.57 Å². The molecule has 0 saturated carbocycles. The summed E-state index contributed by atoms with van der Waals surface area (Å²) in [6.07, 6.45) is 0. The Labute approximate surface area is 187 Å². The van der Waals surface area contributed by atoms with Gasteiger partial charge in [-0.05, 0) is 29.8 Å². The van der Waals surface area contributed by atoms with Crippen molar-refractivity contribution in [2.75, 3.05) is 0 Å². The summed E-state index contributed by atoms with van der Waals surface area (Å²) in [6, 6.07) is 41.0. The van der Waals surface area contributed by atoms with Gasteiger partial charge in [-0.25, -0.2) is 4.98 Å². The zero-order valence-corrected chi connectivity index (χ0v) is 17.5. The van der Waals surface area contributed by atoms with Gasteiger partial charge in [0.1, 0.15) is 5.82 Å². The van der Waals surface area contributed by atoms with Crippen LogP contribution in [-0.4, -0.2) is 9.55 Å². The van der Waals surface area contributed by atoms with Crippen LogP contribution in [0.2, 0.25) is 0 Å². The van der Waals surface area contributed by atoms with E-state index in [9.17, 15) is 5.26 Å². The number of hydrogen-bond acceptors (Lipinski definition) is 2. The molecule has 0 spiro atoms. The van der Waals surface area contributed by atoms with Crippen LogP contribution in [0, 0.1) is 11.3 Å². The Balaban J connectivity index is 1.78. The number of nitriles is 1. The summed E-state index contributed by atoms with van der Waals surface area (Å²) in [5.74, 6) is 0.885. The second-order valence-electron chi connectivity index (χ2n) is 7.63. The molecule has 0 saturated heterocycles. The normalized spacial score (nSPS) is 10.6. The summed E-state index contributed by atoms with van der Waals surface area (Å²) in [6.45, 7) is 0.695. The summed E-state index contributed by atoms with van der Waals surface area (Å²) < 4.78 is 2.29. The van der Waals surface area contributed by atoms with Gasteiger partial charge in [-0.1, -0.05) is 91.0 Å². The number of hydrogen-bond donors (Lipinski definition) is 0. The summed E-state index contributed by atoms with van der Waals surface area (Å²) in [4.78, 5) is 5.16. The minimum atomic E-state index is 0.640. The number of aromatic nitrogens is 2. The second kappa shape index (κ2) is 8.75. The molecule has 0 radical (unpaired) electrons. The highest BCUT2D eigenvalue weighted by Gasteiger charge is 2.21. The molecule has 0 unspecified atom stereocenters. The molecule has 0 amide bonds. The van der Waals surface area contributed by atoms with Crippen molar-refractivity contribution in [1.29, 1.82) is 5.26 Å². The van der Waals surface area contributed by atoms with Crippen molar-refractivity contribution in [3.63, 3.8) is 0 Å². The molecule has 1 heterocycles. The Morgan fingerprint density at radius 1 is 0.625 bits per heavy atom. The fraction of sp³-hybridized carbons (Fsp3) is 0.0345. The molecule has 5 aromatic rings. The van der Waals surface area contributed by atoms with E-state index in [1.54, 1.807) is 0 Å². The number of imidazole rings is 1. The van der Waals surface area contributed by atoms with E-state index in [1.165, 1.54) is 5.56 Å². The Hall–Kier alpha value is -4.42. The van der Waals surface area contributed by atoms with Crippen molar-refractivity contribution in [2.24, 2.45) is 0 Å². The molecule has 0 atom stereocenters. The third-order valence-electron chi connectivity index (χ3n) is 5.52. The zero-order valence-electron chi connectivity index (χ0n) is 17.5.